The standard InChI is InChI=1S/CH6OSSi/c2-1-3-4/h2H,1H2,4H3. The first-order valence-electron chi connectivity index (χ1n) is 1.01. The predicted octanol–water partition coefficient (Wildman–Crippen LogP) is -1.05. The summed E-state index contributed by atoms with van der Waals surface area (Å²) in [6.45, 7) is 0. The van der Waals surface area contributed by atoms with Crippen LogP contribution in [-0.4, -0.2) is 20.4 Å². The average Bonchev–Trinajstić information content (AvgIpc) is 1.37. The number of rotatable bonds is 1. The summed E-state index contributed by atoms with van der Waals surface area (Å²) in [5.41, 5.74) is 0. The van der Waals surface area contributed by atoms with Crippen molar-refractivity contribution >= 4 is 20.6 Å². The molecule has 1 nitrogen and oxygen atoms in total. The third-order valence-electron chi connectivity index (χ3n) is 0.129. The minimum Gasteiger partial charge on any atom is -0.386 e. The van der Waals surface area contributed by atoms with Gasteiger partial charge in [0, 0.05) is 0 Å². The van der Waals surface area contributed by atoms with Crippen molar-refractivity contribution in [1.29, 1.82) is 0 Å². The van der Waals surface area contributed by atoms with Crippen LogP contribution in [0.4, 0.5) is 0 Å². The van der Waals surface area contributed by atoms with Crippen molar-refractivity contribution in [3.63, 3.8) is 0 Å². The van der Waals surface area contributed by atoms with Crippen LogP contribution in [0.25, 0.3) is 0 Å². The first kappa shape index (κ1) is 4.53. The van der Waals surface area contributed by atoms with Gasteiger partial charge in [0.25, 0.3) is 0 Å². The highest BCUT2D eigenvalue weighted by Gasteiger charge is 1.55. The second kappa shape index (κ2) is 3.53. The quantitative estimate of drug-likeness (QED) is 0.330. The topological polar surface area (TPSA) is 20.2 Å². The summed E-state index contributed by atoms with van der Waals surface area (Å²) >= 11 is 1.55. The number of hydrogen-bond donors (Lipinski definition) is 1. The van der Waals surface area contributed by atoms with E-state index in [4.69, 9.17) is 5.11 Å². The Hall–Kier alpha value is 0.527. The molecule has 0 aliphatic heterocycles. The number of aliphatic hydroxyl groups is 1. The SMILES string of the molecule is OCS[SiH3]. The molecule has 1 N–H and O–H groups in total. The van der Waals surface area contributed by atoms with Gasteiger partial charge in [0.15, 0.2) is 0 Å². The van der Waals surface area contributed by atoms with E-state index in [0.717, 1.165) is 9.39 Å². The maximum absolute atomic E-state index is 7.87. The Morgan fingerprint density at radius 1 is 2.00 bits per heavy atom. The highest BCUT2D eigenvalue weighted by molar-refractivity contribution is 8.19. The fraction of sp³-hybridized carbons (Fsp3) is 1.00. The first-order valence-corrected chi connectivity index (χ1v) is 4.86. The van der Waals surface area contributed by atoms with E-state index in [1.165, 1.54) is 0 Å². The minimum atomic E-state index is 0.298. The van der Waals surface area contributed by atoms with E-state index in [1.807, 2.05) is 0 Å². The number of hydrogen-bond acceptors (Lipinski definition) is 2. The number of aliphatic hydroxyl groups excluding tert-OH is 1. The summed E-state index contributed by atoms with van der Waals surface area (Å²) in [4.78, 5) is 0. The Bertz CT molecular complexity index is 10.0. The van der Waals surface area contributed by atoms with Crippen LogP contribution >= 0.6 is 11.2 Å². The average molecular weight is 94.2 g/mol. The highest BCUT2D eigenvalue weighted by atomic mass is 32.4. The molecule has 0 heterocycles. The Balaban J connectivity index is 1.97. The molecule has 0 atom stereocenters. The molecule has 0 rings (SSSR count). The normalized spacial score (nSPS) is 8.25. The fourth-order valence-corrected chi connectivity index (χ4v) is 0. The van der Waals surface area contributed by atoms with Gasteiger partial charge in [0.05, 0.1) is 15.3 Å². The second-order valence-electron chi connectivity index (χ2n) is 0.418. The Morgan fingerprint density at radius 3 is 2.25 bits per heavy atom. The Kier molecular flexibility index (Phi) is 3.99. The lowest BCUT2D eigenvalue weighted by Crippen LogP contribution is -1.63. The molecule has 0 saturated heterocycles. The maximum Gasteiger partial charge on any atom is 0.0824 e. The zero-order valence-electron chi connectivity index (χ0n) is 2.56. The van der Waals surface area contributed by atoms with Crippen LogP contribution in [-0.2, 0) is 0 Å². The summed E-state index contributed by atoms with van der Waals surface area (Å²) in [6, 6.07) is 0. The molecule has 0 unspecified atom stereocenters. The van der Waals surface area contributed by atoms with Crippen molar-refractivity contribution in [2.75, 3.05) is 5.94 Å². The van der Waals surface area contributed by atoms with Crippen molar-refractivity contribution in [3.8, 4) is 0 Å². The minimum absolute atomic E-state index is 0.298. The molecule has 0 spiro atoms. The van der Waals surface area contributed by atoms with E-state index in [-0.39, 0.29) is 0 Å². The van der Waals surface area contributed by atoms with Crippen LogP contribution in [0.2, 0.25) is 0 Å². The van der Waals surface area contributed by atoms with Crippen LogP contribution in [0.5, 0.6) is 0 Å². The van der Waals surface area contributed by atoms with Crippen LogP contribution < -0.4 is 0 Å². The van der Waals surface area contributed by atoms with Crippen molar-refractivity contribution in [2.45, 2.75) is 0 Å². The van der Waals surface area contributed by atoms with Gasteiger partial charge in [-0.3, -0.25) is 0 Å². The molecule has 0 amide bonds. The van der Waals surface area contributed by atoms with Crippen molar-refractivity contribution in [3.05, 3.63) is 0 Å². The zero-order chi connectivity index (χ0) is 3.41. The molecule has 3 heteroatoms. The first-order chi connectivity index (χ1) is 1.91. The fourth-order valence-electron chi connectivity index (χ4n) is 0. The molecule has 0 saturated carbocycles. The largest absolute Gasteiger partial charge is 0.386 e. The molecular weight excluding hydrogens is 88.2 g/mol. The van der Waals surface area contributed by atoms with Crippen LogP contribution in [0, 0.1) is 0 Å². The van der Waals surface area contributed by atoms with Gasteiger partial charge in [-0.15, -0.1) is 0 Å². The van der Waals surface area contributed by atoms with Crippen molar-refractivity contribution in [1.82, 2.24) is 0 Å². The summed E-state index contributed by atoms with van der Waals surface area (Å²) in [5, 5.41) is 7.87. The van der Waals surface area contributed by atoms with Gasteiger partial charge in [-0.05, 0) is 0 Å². The Labute approximate surface area is 32.5 Å². The van der Waals surface area contributed by atoms with Crippen LogP contribution in [0.3, 0.4) is 0 Å². The molecule has 4 heavy (non-hydrogen) atoms. The zero-order valence-corrected chi connectivity index (χ0v) is 5.38. The Morgan fingerprint density at radius 2 is 2.25 bits per heavy atom. The molecule has 0 radical (unpaired) electrons. The van der Waals surface area contributed by atoms with E-state index in [9.17, 15) is 0 Å². The summed E-state index contributed by atoms with van der Waals surface area (Å²) < 4.78 is 0. The second-order valence-corrected chi connectivity index (χ2v) is 2.99. The van der Waals surface area contributed by atoms with Gasteiger partial charge < -0.3 is 5.11 Å². The lowest BCUT2D eigenvalue weighted by atomic mass is 11.7. The third-order valence-corrected chi connectivity index (χ3v) is 1.16. The van der Waals surface area contributed by atoms with E-state index in [2.05, 4.69) is 0 Å². The van der Waals surface area contributed by atoms with Gasteiger partial charge in [-0.2, -0.15) is 11.2 Å². The molecule has 0 aromatic heterocycles. The van der Waals surface area contributed by atoms with Gasteiger partial charge in [-0.1, -0.05) is 0 Å². The molecule has 0 aromatic rings. The lowest BCUT2D eigenvalue weighted by Gasteiger charge is -1.70. The maximum atomic E-state index is 7.87. The summed E-state index contributed by atoms with van der Waals surface area (Å²) in [6.07, 6.45) is 0. The predicted molar refractivity (Wildman–Crippen MR) is 24.6 cm³/mol. The van der Waals surface area contributed by atoms with Gasteiger partial charge in [0.1, 0.15) is 0 Å². The van der Waals surface area contributed by atoms with E-state index in [0.29, 0.717) is 5.94 Å². The van der Waals surface area contributed by atoms with Crippen molar-refractivity contribution < 1.29 is 5.11 Å². The lowest BCUT2D eigenvalue weighted by molar-refractivity contribution is 0.376. The molecule has 26 valence electrons. The molecule has 0 fully saturated rings. The van der Waals surface area contributed by atoms with E-state index in [1.54, 1.807) is 11.2 Å². The van der Waals surface area contributed by atoms with E-state index >= 15 is 0 Å². The van der Waals surface area contributed by atoms with Gasteiger partial charge in [0.2, 0.25) is 0 Å². The molecule has 0 bridgehead atoms. The van der Waals surface area contributed by atoms with Crippen LogP contribution in [0.15, 0.2) is 0 Å². The summed E-state index contributed by atoms with van der Waals surface area (Å²) in [5.74, 6) is 0.298. The molecular formula is CH6OSSi. The van der Waals surface area contributed by atoms with Crippen molar-refractivity contribution in [2.24, 2.45) is 0 Å². The smallest absolute Gasteiger partial charge is 0.0824 e. The monoisotopic (exact) mass is 94.0 g/mol. The van der Waals surface area contributed by atoms with Crippen LogP contribution in [0.1, 0.15) is 0 Å². The third kappa shape index (κ3) is 2.53. The van der Waals surface area contributed by atoms with Gasteiger partial charge >= 0.3 is 0 Å². The highest BCUT2D eigenvalue weighted by Crippen LogP contribution is 1.78. The van der Waals surface area contributed by atoms with Gasteiger partial charge in [-0.25, -0.2) is 0 Å². The molecule has 0 aliphatic carbocycles. The molecule has 0 aliphatic rings. The van der Waals surface area contributed by atoms with E-state index < -0.39 is 0 Å². The summed E-state index contributed by atoms with van der Waals surface area (Å²) in [7, 11) is 1.06. The molecule has 0 aromatic carbocycles.